The number of anilines is 6. The minimum atomic E-state index is -1.40. The number of H-pyrrole nitrogens is 2. The summed E-state index contributed by atoms with van der Waals surface area (Å²) in [6.45, 7) is 1.34. The average molecular weight is 961 g/mol. The first-order valence-electron chi connectivity index (χ1n) is 19.0. The summed E-state index contributed by atoms with van der Waals surface area (Å²) in [7, 11) is 0. The zero-order valence-electron chi connectivity index (χ0n) is 35.1. The molecule has 0 saturated heterocycles. The third kappa shape index (κ3) is 16.4. The second-order valence-electron chi connectivity index (χ2n) is 13.8. The van der Waals surface area contributed by atoms with Gasteiger partial charge in [0.25, 0.3) is 22.9 Å². The molecule has 0 saturated carbocycles. The van der Waals surface area contributed by atoms with Crippen LogP contribution in [-0.2, 0) is 19.2 Å². The Kier molecular flexibility index (Phi) is 21.3. The molecule has 352 valence electrons. The standard InChI is InChI=1S/2C19H21N7O6.Ca.2H2O/c2*20-19-25-15-14(17(30)26-19)23-11(8-22-15)7-21-10-3-1-9(2-4-10)16(29)24-12(18(31)32)5-6-13(27)28;;;/h2*1-4,12,21H,5-8H2,(H,24,29)(H,27,28)(H,31,32)(H4,20,22,25,26,30);;2*1H2/q;;+2;;/p-2/t2*12-;;;/m00.../s1. The van der Waals surface area contributed by atoms with E-state index in [4.69, 9.17) is 21.7 Å². The smallest absolute Gasteiger partial charge is 0.550 e. The summed E-state index contributed by atoms with van der Waals surface area (Å²) in [5.74, 6) is -6.15. The molecule has 0 unspecified atom stereocenters. The van der Waals surface area contributed by atoms with Gasteiger partial charge in [0.2, 0.25) is 11.9 Å². The summed E-state index contributed by atoms with van der Waals surface area (Å²) in [4.78, 5) is 113. The summed E-state index contributed by atoms with van der Waals surface area (Å²) in [6.07, 6.45) is -1.54. The number of nitrogens with one attached hydrogen (secondary N) is 8. The second kappa shape index (κ2) is 25.7. The molecule has 2 amide bonds. The zero-order chi connectivity index (χ0) is 46.5. The van der Waals surface area contributed by atoms with Crippen molar-refractivity contribution in [2.24, 2.45) is 9.98 Å². The minimum Gasteiger partial charge on any atom is -0.550 e. The number of hydrogen-bond acceptors (Lipinski definition) is 20. The van der Waals surface area contributed by atoms with E-state index in [9.17, 15) is 48.6 Å². The number of carbonyl (C=O) groups excluding carboxylic acids is 4. The maximum absolute atomic E-state index is 12.3. The Morgan fingerprint density at radius 1 is 0.627 bits per heavy atom. The quantitative estimate of drug-likeness (QED) is 0.0417. The van der Waals surface area contributed by atoms with E-state index in [-0.39, 0.29) is 95.9 Å². The molecule has 0 aliphatic carbocycles. The molecule has 2 aromatic heterocycles. The van der Waals surface area contributed by atoms with E-state index >= 15 is 0 Å². The Hall–Kier alpha value is -7.66. The number of nitrogens with two attached hydrogens (primary N) is 2. The van der Waals surface area contributed by atoms with Gasteiger partial charge < -0.3 is 84.3 Å². The molecule has 0 bridgehead atoms. The molecular weight excluding hydrogens is 917 g/mol. The van der Waals surface area contributed by atoms with Crippen LogP contribution in [0.15, 0.2) is 68.1 Å². The van der Waals surface area contributed by atoms with Gasteiger partial charge in [0.15, 0.2) is 23.0 Å². The van der Waals surface area contributed by atoms with Gasteiger partial charge in [-0.15, -0.1) is 0 Å². The Bertz CT molecular complexity index is 2440. The van der Waals surface area contributed by atoms with Crippen LogP contribution in [0.3, 0.4) is 0 Å². The van der Waals surface area contributed by atoms with Gasteiger partial charge in [-0.05, 0) is 74.2 Å². The van der Waals surface area contributed by atoms with Gasteiger partial charge in [0.1, 0.15) is 12.1 Å². The fraction of sp³-hybridized carbons (Fsp3) is 0.263. The number of carboxylic acid groups (broad SMARTS) is 4. The monoisotopic (exact) mass is 960 g/mol. The second-order valence-corrected chi connectivity index (χ2v) is 13.8. The number of carbonyl (C=O) groups is 6. The van der Waals surface area contributed by atoms with E-state index in [1.807, 2.05) is 0 Å². The van der Waals surface area contributed by atoms with Gasteiger partial charge in [0.05, 0.1) is 37.6 Å². The molecule has 28 nitrogen and oxygen atoms in total. The van der Waals surface area contributed by atoms with Crippen molar-refractivity contribution in [2.75, 3.05) is 58.9 Å². The molecule has 67 heavy (non-hydrogen) atoms. The number of nitrogens with zero attached hydrogens (tertiary/aromatic N) is 4. The van der Waals surface area contributed by atoms with Crippen LogP contribution in [0.2, 0.25) is 0 Å². The maximum atomic E-state index is 12.3. The number of aliphatic carboxylic acids is 4. The van der Waals surface area contributed by atoms with E-state index in [0.29, 0.717) is 60.6 Å². The molecule has 2 aliphatic heterocycles. The van der Waals surface area contributed by atoms with Gasteiger partial charge >= 0.3 is 49.7 Å². The van der Waals surface area contributed by atoms with Crippen LogP contribution in [-0.4, -0.2) is 164 Å². The Morgan fingerprint density at radius 2 is 0.970 bits per heavy atom. The van der Waals surface area contributed by atoms with Crippen molar-refractivity contribution in [1.29, 1.82) is 0 Å². The van der Waals surface area contributed by atoms with Gasteiger partial charge in [-0.2, -0.15) is 9.97 Å². The molecule has 4 heterocycles. The van der Waals surface area contributed by atoms with Crippen molar-refractivity contribution >= 4 is 131 Å². The molecule has 4 aromatic rings. The predicted molar refractivity (Wildman–Crippen MR) is 239 cm³/mol. The summed E-state index contributed by atoms with van der Waals surface area (Å²) in [5.41, 5.74) is 13.4. The summed E-state index contributed by atoms with van der Waals surface area (Å²) in [6, 6.07) is 9.74. The maximum Gasteiger partial charge on any atom is 2.00 e. The fourth-order valence-corrected chi connectivity index (χ4v) is 5.80. The molecule has 0 radical (unpaired) electrons. The van der Waals surface area contributed by atoms with Gasteiger partial charge in [-0.3, -0.25) is 29.1 Å². The predicted octanol–water partition coefficient (Wildman–Crippen LogP) is -4.68. The van der Waals surface area contributed by atoms with Crippen molar-refractivity contribution in [3.8, 4) is 0 Å². The third-order valence-electron chi connectivity index (χ3n) is 9.05. The first-order valence-corrected chi connectivity index (χ1v) is 19.0. The molecule has 6 rings (SSSR count). The van der Waals surface area contributed by atoms with Crippen molar-refractivity contribution < 1.29 is 60.1 Å². The SMILES string of the molecule is Nc1nc2c(c(=O)[nH]1)N=C(CNc1ccc(C(=O)N[C@@H](CCC(=O)[O-])C(=O)O)cc1)CN2.Nc1nc2c(c(=O)[nH]1)N=C(CNc1ccc(C(=O)N[C@@H](CCC(=O)[O-])C(=O)O)cc1)CN2.O.O.[Ca+2]. The normalized spacial score (nSPS) is 12.6. The molecular formula is C38H44CaN14O14. The van der Waals surface area contributed by atoms with Crippen LogP contribution < -0.4 is 64.7 Å². The van der Waals surface area contributed by atoms with E-state index in [2.05, 4.69) is 61.8 Å². The number of aromatic amines is 2. The number of hydrogen-bond donors (Lipinski definition) is 12. The van der Waals surface area contributed by atoms with Crippen molar-refractivity contribution in [1.82, 2.24) is 30.6 Å². The van der Waals surface area contributed by atoms with Crippen LogP contribution >= 0.6 is 0 Å². The van der Waals surface area contributed by atoms with Gasteiger partial charge in [0, 0.05) is 34.4 Å². The van der Waals surface area contributed by atoms with Gasteiger partial charge in [-0.25, -0.2) is 19.6 Å². The van der Waals surface area contributed by atoms with E-state index < -0.39 is 71.7 Å². The number of fused-ring (bicyclic) bond motifs is 2. The van der Waals surface area contributed by atoms with Crippen LogP contribution in [0.5, 0.6) is 0 Å². The zero-order valence-corrected chi connectivity index (χ0v) is 37.3. The van der Waals surface area contributed by atoms with Gasteiger partial charge in [-0.1, -0.05) is 0 Å². The fourth-order valence-electron chi connectivity index (χ4n) is 5.80. The molecule has 2 aliphatic rings. The largest absolute Gasteiger partial charge is 2.00 e. The van der Waals surface area contributed by atoms with E-state index in [0.717, 1.165) is 0 Å². The molecule has 29 heteroatoms. The summed E-state index contributed by atoms with van der Waals surface area (Å²) in [5, 5.41) is 56.0. The van der Waals surface area contributed by atoms with Crippen LogP contribution in [0.4, 0.5) is 46.3 Å². The molecule has 0 spiro atoms. The Labute approximate surface area is 406 Å². The number of amides is 2. The first kappa shape index (κ1) is 55.5. The number of rotatable bonds is 18. The molecule has 2 aromatic carbocycles. The molecule has 18 N–H and O–H groups in total. The van der Waals surface area contributed by atoms with Crippen molar-refractivity contribution in [2.45, 2.75) is 37.8 Å². The topological polar surface area (TPSA) is 492 Å². The number of aromatic nitrogens is 4. The van der Waals surface area contributed by atoms with Crippen LogP contribution in [0.1, 0.15) is 46.4 Å². The Balaban J connectivity index is 0.000000440. The van der Waals surface area contributed by atoms with E-state index in [1.165, 1.54) is 24.3 Å². The summed E-state index contributed by atoms with van der Waals surface area (Å²) >= 11 is 0. The van der Waals surface area contributed by atoms with Crippen LogP contribution in [0.25, 0.3) is 0 Å². The van der Waals surface area contributed by atoms with Crippen LogP contribution in [0, 0.1) is 0 Å². The number of carboxylic acids is 4. The Morgan fingerprint density at radius 3 is 1.28 bits per heavy atom. The van der Waals surface area contributed by atoms with Crippen molar-refractivity contribution in [3.63, 3.8) is 0 Å². The number of benzene rings is 2. The number of aliphatic imine (C=N–C) groups is 2. The number of nitrogen functional groups attached to an aromatic ring is 2. The average Bonchev–Trinajstić information content (AvgIpc) is 3.25. The first-order chi connectivity index (χ1) is 30.4. The van der Waals surface area contributed by atoms with E-state index in [1.54, 1.807) is 24.3 Å². The molecule has 0 fully saturated rings. The minimum absolute atomic E-state index is 0. The summed E-state index contributed by atoms with van der Waals surface area (Å²) < 4.78 is 0. The molecule has 2 atom stereocenters. The van der Waals surface area contributed by atoms with Crippen molar-refractivity contribution in [3.05, 3.63) is 80.4 Å². The third-order valence-corrected chi connectivity index (χ3v) is 9.05.